The lowest BCUT2D eigenvalue weighted by atomic mass is 9.92. The number of nitrogens with one attached hydrogen (secondary N) is 1. The van der Waals surface area contributed by atoms with E-state index >= 15 is 0 Å². The summed E-state index contributed by atoms with van der Waals surface area (Å²) in [6.07, 6.45) is 4.22. The highest BCUT2D eigenvalue weighted by molar-refractivity contribution is 5.79. The van der Waals surface area contributed by atoms with Crippen molar-refractivity contribution in [1.82, 2.24) is 15.1 Å². The Morgan fingerprint density at radius 1 is 1.00 bits per heavy atom. The minimum absolute atomic E-state index is 0.230. The first kappa shape index (κ1) is 15.8. The molecular formula is C16H31N3O. The summed E-state index contributed by atoms with van der Waals surface area (Å²) >= 11 is 0. The highest BCUT2D eigenvalue weighted by Gasteiger charge is 2.31. The summed E-state index contributed by atoms with van der Waals surface area (Å²) in [7, 11) is 2.15. The van der Waals surface area contributed by atoms with Gasteiger partial charge < -0.3 is 10.2 Å². The monoisotopic (exact) mass is 281 g/mol. The van der Waals surface area contributed by atoms with Crippen molar-refractivity contribution in [2.45, 2.75) is 58.0 Å². The predicted molar refractivity (Wildman–Crippen MR) is 82.7 cm³/mol. The molecule has 0 radical (unpaired) electrons. The third-order valence-electron chi connectivity index (χ3n) is 4.88. The maximum Gasteiger partial charge on any atom is 0.223 e. The largest absolute Gasteiger partial charge is 0.353 e. The molecule has 0 atom stereocenters. The quantitative estimate of drug-likeness (QED) is 0.837. The molecule has 0 aromatic heterocycles. The Bertz CT molecular complexity index is 321. The molecule has 4 heteroatoms. The van der Waals surface area contributed by atoms with Crippen LogP contribution in [0.15, 0.2) is 0 Å². The van der Waals surface area contributed by atoms with Crippen molar-refractivity contribution in [1.29, 1.82) is 0 Å². The standard InChI is InChI=1S/C16H31N3O/c1-16(2,3)19-11-5-13(6-12-19)15(20)17-14-7-9-18(4)10-8-14/h13-14H,5-12H2,1-4H3,(H,17,20). The van der Waals surface area contributed by atoms with Crippen LogP contribution in [0.2, 0.25) is 0 Å². The zero-order chi connectivity index (χ0) is 14.8. The van der Waals surface area contributed by atoms with E-state index in [1.807, 2.05) is 0 Å². The van der Waals surface area contributed by atoms with Crippen molar-refractivity contribution in [3.63, 3.8) is 0 Å². The van der Waals surface area contributed by atoms with Gasteiger partial charge in [0.15, 0.2) is 0 Å². The molecular weight excluding hydrogens is 250 g/mol. The first-order chi connectivity index (χ1) is 9.36. The van der Waals surface area contributed by atoms with Crippen LogP contribution in [0.4, 0.5) is 0 Å². The molecule has 2 fully saturated rings. The van der Waals surface area contributed by atoms with E-state index in [0.717, 1.165) is 51.9 Å². The van der Waals surface area contributed by atoms with Crippen LogP contribution in [0.5, 0.6) is 0 Å². The topological polar surface area (TPSA) is 35.6 Å². The number of likely N-dealkylation sites (tertiary alicyclic amines) is 2. The number of piperidine rings is 2. The van der Waals surface area contributed by atoms with Gasteiger partial charge >= 0.3 is 0 Å². The Balaban J connectivity index is 1.75. The van der Waals surface area contributed by atoms with Crippen molar-refractivity contribution in [2.24, 2.45) is 5.92 Å². The molecule has 0 aromatic rings. The third-order valence-corrected chi connectivity index (χ3v) is 4.88. The van der Waals surface area contributed by atoms with Gasteiger partial charge in [0.1, 0.15) is 0 Å². The molecule has 0 saturated carbocycles. The molecule has 0 aliphatic carbocycles. The Morgan fingerprint density at radius 2 is 1.55 bits per heavy atom. The van der Waals surface area contributed by atoms with Crippen molar-refractivity contribution in [2.75, 3.05) is 33.2 Å². The Morgan fingerprint density at radius 3 is 2.05 bits per heavy atom. The smallest absolute Gasteiger partial charge is 0.223 e. The molecule has 2 rings (SSSR count). The van der Waals surface area contributed by atoms with Crippen LogP contribution in [-0.4, -0.2) is 60.5 Å². The van der Waals surface area contributed by atoms with Gasteiger partial charge in [0.25, 0.3) is 0 Å². The molecule has 1 amide bonds. The second-order valence-electron chi connectivity index (χ2n) is 7.52. The molecule has 4 nitrogen and oxygen atoms in total. The third kappa shape index (κ3) is 4.19. The van der Waals surface area contributed by atoms with Gasteiger partial charge in [-0.1, -0.05) is 0 Å². The van der Waals surface area contributed by atoms with E-state index in [9.17, 15) is 4.79 Å². The van der Waals surface area contributed by atoms with E-state index in [1.54, 1.807) is 0 Å². The van der Waals surface area contributed by atoms with E-state index in [2.05, 4.69) is 42.9 Å². The number of carbonyl (C=O) groups is 1. The SMILES string of the molecule is CN1CCC(NC(=O)C2CCN(C(C)(C)C)CC2)CC1. The molecule has 0 spiro atoms. The van der Waals surface area contributed by atoms with Crippen LogP contribution >= 0.6 is 0 Å². The van der Waals surface area contributed by atoms with Crippen LogP contribution < -0.4 is 5.32 Å². The molecule has 0 bridgehead atoms. The van der Waals surface area contributed by atoms with Gasteiger partial charge in [-0.15, -0.1) is 0 Å². The summed E-state index contributed by atoms with van der Waals surface area (Å²) in [5.41, 5.74) is 0.232. The molecule has 2 aliphatic heterocycles. The summed E-state index contributed by atoms with van der Waals surface area (Å²) in [6, 6.07) is 0.402. The molecule has 2 heterocycles. The van der Waals surface area contributed by atoms with Crippen molar-refractivity contribution >= 4 is 5.91 Å². The molecule has 2 aliphatic rings. The maximum atomic E-state index is 12.4. The average Bonchev–Trinajstić information content (AvgIpc) is 2.40. The predicted octanol–water partition coefficient (Wildman–Crippen LogP) is 1.71. The van der Waals surface area contributed by atoms with Gasteiger partial charge in [-0.2, -0.15) is 0 Å². The van der Waals surface area contributed by atoms with E-state index in [0.29, 0.717) is 11.9 Å². The molecule has 2 saturated heterocycles. The fourth-order valence-electron chi connectivity index (χ4n) is 3.28. The zero-order valence-corrected chi connectivity index (χ0v) is 13.6. The highest BCUT2D eigenvalue weighted by Crippen LogP contribution is 2.24. The molecule has 0 aromatic carbocycles. The lowest BCUT2D eigenvalue weighted by molar-refractivity contribution is -0.128. The van der Waals surface area contributed by atoms with Gasteiger partial charge in [0.05, 0.1) is 0 Å². The highest BCUT2D eigenvalue weighted by atomic mass is 16.1. The normalized spacial score (nSPS) is 24.8. The molecule has 0 unspecified atom stereocenters. The summed E-state index contributed by atoms with van der Waals surface area (Å²) in [5.74, 6) is 0.529. The minimum atomic E-state index is 0.230. The van der Waals surface area contributed by atoms with Gasteiger partial charge in [0, 0.05) is 17.5 Å². The van der Waals surface area contributed by atoms with Crippen LogP contribution in [0.3, 0.4) is 0 Å². The number of nitrogens with zero attached hydrogens (tertiary/aromatic N) is 2. The molecule has 1 N–H and O–H groups in total. The zero-order valence-electron chi connectivity index (χ0n) is 13.6. The summed E-state index contributed by atoms with van der Waals surface area (Å²) in [5, 5.41) is 3.28. The van der Waals surface area contributed by atoms with E-state index in [-0.39, 0.29) is 11.5 Å². The number of hydrogen-bond donors (Lipinski definition) is 1. The van der Waals surface area contributed by atoms with Gasteiger partial charge in [-0.05, 0) is 79.7 Å². The Labute approximate surface area is 123 Å². The fraction of sp³-hybridized carbons (Fsp3) is 0.938. The number of rotatable bonds is 2. The van der Waals surface area contributed by atoms with Gasteiger partial charge in [-0.3, -0.25) is 9.69 Å². The summed E-state index contributed by atoms with van der Waals surface area (Å²) < 4.78 is 0. The number of amides is 1. The minimum Gasteiger partial charge on any atom is -0.353 e. The van der Waals surface area contributed by atoms with Crippen molar-refractivity contribution < 1.29 is 4.79 Å². The Kier molecular flexibility index (Phi) is 5.08. The van der Waals surface area contributed by atoms with Crippen LogP contribution in [-0.2, 0) is 4.79 Å². The van der Waals surface area contributed by atoms with Crippen LogP contribution in [0.1, 0.15) is 46.5 Å². The van der Waals surface area contributed by atoms with Gasteiger partial charge in [-0.25, -0.2) is 0 Å². The molecule has 116 valence electrons. The Hall–Kier alpha value is -0.610. The number of carbonyl (C=O) groups excluding carboxylic acids is 1. The number of hydrogen-bond acceptors (Lipinski definition) is 3. The van der Waals surface area contributed by atoms with Crippen LogP contribution in [0, 0.1) is 5.92 Å². The van der Waals surface area contributed by atoms with Gasteiger partial charge in [0.2, 0.25) is 5.91 Å². The van der Waals surface area contributed by atoms with Crippen LogP contribution in [0.25, 0.3) is 0 Å². The first-order valence-electron chi connectivity index (χ1n) is 8.10. The summed E-state index contributed by atoms with van der Waals surface area (Å²) in [4.78, 5) is 17.2. The van der Waals surface area contributed by atoms with Crippen molar-refractivity contribution in [3.05, 3.63) is 0 Å². The second kappa shape index (κ2) is 6.44. The van der Waals surface area contributed by atoms with E-state index < -0.39 is 0 Å². The fourth-order valence-corrected chi connectivity index (χ4v) is 3.28. The van der Waals surface area contributed by atoms with E-state index in [1.165, 1.54) is 0 Å². The van der Waals surface area contributed by atoms with Crippen molar-refractivity contribution in [3.8, 4) is 0 Å². The summed E-state index contributed by atoms with van der Waals surface area (Å²) in [6.45, 7) is 11.1. The average molecular weight is 281 g/mol. The first-order valence-corrected chi connectivity index (χ1v) is 8.10. The maximum absolute atomic E-state index is 12.4. The van der Waals surface area contributed by atoms with E-state index in [4.69, 9.17) is 0 Å². The lowest BCUT2D eigenvalue weighted by Gasteiger charge is -2.41. The molecule has 20 heavy (non-hydrogen) atoms. The second-order valence-corrected chi connectivity index (χ2v) is 7.52. The lowest BCUT2D eigenvalue weighted by Crippen LogP contribution is -2.50.